The molecule has 3 heteroatoms. The molecule has 0 saturated carbocycles. The van der Waals surface area contributed by atoms with Crippen LogP contribution in [-0.2, 0) is 4.74 Å². The van der Waals surface area contributed by atoms with Crippen LogP contribution in [0, 0.1) is 0 Å². The van der Waals surface area contributed by atoms with Crippen molar-refractivity contribution in [2.24, 2.45) is 0 Å². The number of aliphatic hydroxyl groups is 1. The zero-order chi connectivity index (χ0) is 7.40. The van der Waals surface area contributed by atoms with Gasteiger partial charge in [0.1, 0.15) is 0 Å². The summed E-state index contributed by atoms with van der Waals surface area (Å²) in [6.07, 6.45) is 1.33. The van der Waals surface area contributed by atoms with Crippen LogP contribution >= 0.6 is 0 Å². The molecule has 0 aromatic rings. The van der Waals surface area contributed by atoms with Gasteiger partial charge in [-0.1, -0.05) is 6.92 Å². The van der Waals surface area contributed by atoms with Crippen molar-refractivity contribution in [3.63, 3.8) is 0 Å². The molecule has 1 fully saturated rings. The zero-order valence-electron chi connectivity index (χ0n) is 6.34. The molecule has 0 spiro atoms. The van der Waals surface area contributed by atoms with Crippen LogP contribution in [0.4, 0.5) is 0 Å². The molecule has 10 heavy (non-hydrogen) atoms. The number of nitrogens with one attached hydrogen (secondary N) is 1. The molecule has 0 aromatic carbocycles. The third-order valence-electron chi connectivity index (χ3n) is 1.79. The topological polar surface area (TPSA) is 41.5 Å². The highest BCUT2D eigenvalue weighted by Gasteiger charge is 2.19. The fourth-order valence-electron chi connectivity index (χ4n) is 1.12. The summed E-state index contributed by atoms with van der Waals surface area (Å²) < 4.78 is 5.47. The van der Waals surface area contributed by atoms with Crippen molar-refractivity contribution in [2.75, 3.05) is 19.7 Å². The number of hydrogen-bond acceptors (Lipinski definition) is 3. The largest absolute Gasteiger partial charge is 0.394 e. The summed E-state index contributed by atoms with van der Waals surface area (Å²) in [6, 6.07) is 0. The third kappa shape index (κ3) is 1.94. The van der Waals surface area contributed by atoms with Gasteiger partial charge < -0.3 is 15.2 Å². The number of rotatable bonds is 2. The van der Waals surface area contributed by atoms with Gasteiger partial charge in [-0.2, -0.15) is 0 Å². The summed E-state index contributed by atoms with van der Waals surface area (Å²) in [7, 11) is 0. The minimum absolute atomic E-state index is 0.0127. The highest BCUT2D eigenvalue weighted by atomic mass is 16.5. The lowest BCUT2D eigenvalue weighted by Crippen LogP contribution is -2.45. The smallest absolute Gasteiger partial charge is 0.0934 e. The van der Waals surface area contributed by atoms with Crippen LogP contribution in [0.1, 0.15) is 13.3 Å². The molecule has 1 heterocycles. The van der Waals surface area contributed by atoms with Gasteiger partial charge in [0.25, 0.3) is 0 Å². The van der Waals surface area contributed by atoms with Crippen LogP contribution < -0.4 is 5.32 Å². The van der Waals surface area contributed by atoms with E-state index in [1.807, 2.05) is 0 Å². The molecule has 0 aliphatic carbocycles. The van der Waals surface area contributed by atoms with Gasteiger partial charge in [0.2, 0.25) is 0 Å². The Balaban J connectivity index is 2.25. The SMILES string of the molecule is CC[C@@H]1CNC[C@@H](CO)O1. The molecule has 1 rings (SSSR count). The van der Waals surface area contributed by atoms with Gasteiger partial charge in [0.05, 0.1) is 18.8 Å². The van der Waals surface area contributed by atoms with Gasteiger partial charge in [-0.25, -0.2) is 0 Å². The standard InChI is InChI=1S/C7H15NO2/c1-2-6-3-8-4-7(5-9)10-6/h6-9H,2-5H2,1H3/t6-,7+/m1/s1. The first-order valence-electron chi connectivity index (χ1n) is 3.83. The molecule has 3 nitrogen and oxygen atoms in total. The first-order chi connectivity index (χ1) is 4.86. The van der Waals surface area contributed by atoms with Crippen molar-refractivity contribution < 1.29 is 9.84 Å². The molecular formula is C7H15NO2. The van der Waals surface area contributed by atoms with E-state index in [0.717, 1.165) is 19.5 Å². The van der Waals surface area contributed by atoms with E-state index in [1.54, 1.807) is 0 Å². The van der Waals surface area contributed by atoms with Gasteiger partial charge in [-0.15, -0.1) is 0 Å². The van der Waals surface area contributed by atoms with E-state index < -0.39 is 0 Å². The van der Waals surface area contributed by atoms with E-state index in [1.165, 1.54) is 0 Å². The van der Waals surface area contributed by atoms with Crippen molar-refractivity contribution >= 4 is 0 Å². The number of ether oxygens (including phenoxy) is 1. The van der Waals surface area contributed by atoms with E-state index in [9.17, 15) is 0 Å². The molecule has 1 aliphatic rings. The Morgan fingerprint density at radius 3 is 2.80 bits per heavy atom. The van der Waals surface area contributed by atoms with Crippen LogP contribution in [0.15, 0.2) is 0 Å². The van der Waals surface area contributed by atoms with Gasteiger partial charge in [-0.05, 0) is 6.42 Å². The lowest BCUT2D eigenvalue weighted by Gasteiger charge is -2.28. The molecule has 0 bridgehead atoms. The first-order valence-corrected chi connectivity index (χ1v) is 3.83. The Hall–Kier alpha value is -0.120. The minimum atomic E-state index is 0.0127. The second-order valence-electron chi connectivity index (χ2n) is 2.63. The molecule has 1 aliphatic heterocycles. The maximum Gasteiger partial charge on any atom is 0.0934 e. The van der Waals surface area contributed by atoms with Gasteiger partial charge in [-0.3, -0.25) is 0 Å². The third-order valence-corrected chi connectivity index (χ3v) is 1.79. The lowest BCUT2D eigenvalue weighted by molar-refractivity contribution is -0.0611. The maximum absolute atomic E-state index is 8.74. The first kappa shape index (κ1) is 7.98. The number of hydrogen-bond donors (Lipinski definition) is 2. The molecule has 2 N–H and O–H groups in total. The van der Waals surface area contributed by atoms with Crippen LogP contribution in [0.5, 0.6) is 0 Å². The average molecular weight is 145 g/mol. The summed E-state index contributed by atoms with van der Waals surface area (Å²) in [4.78, 5) is 0. The van der Waals surface area contributed by atoms with Gasteiger partial charge in [0.15, 0.2) is 0 Å². The monoisotopic (exact) mass is 145 g/mol. The zero-order valence-corrected chi connectivity index (χ0v) is 6.34. The van der Waals surface area contributed by atoms with E-state index in [-0.39, 0.29) is 12.7 Å². The van der Waals surface area contributed by atoms with E-state index >= 15 is 0 Å². The Kier molecular flexibility index (Phi) is 3.12. The molecule has 60 valence electrons. The normalized spacial score (nSPS) is 34.2. The molecule has 1 saturated heterocycles. The summed E-state index contributed by atoms with van der Waals surface area (Å²) in [5.41, 5.74) is 0. The van der Waals surface area contributed by atoms with Crippen LogP contribution in [0.25, 0.3) is 0 Å². The fourth-order valence-corrected chi connectivity index (χ4v) is 1.12. The van der Waals surface area contributed by atoms with Crippen molar-refractivity contribution in [2.45, 2.75) is 25.6 Å². The Morgan fingerprint density at radius 2 is 2.20 bits per heavy atom. The van der Waals surface area contributed by atoms with Gasteiger partial charge in [0, 0.05) is 13.1 Å². The predicted molar refractivity (Wildman–Crippen MR) is 38.9 cm³/mol. The number of aliphatic hydroxyl groups excluding tert-OH is 1. The molecular weight excluding hydrogens is 130 g/mol. The molecule has 2 atom stereocenters. The summed E-state index contributed by atoms with van der Waals surface area (Å²) in [5, 5.41) is 11.9. The van der Waals surface area contributed by atoms with Crippen molar-refractivity contribution in [3.05, 3.63) is 0 Å². The van der Waals surface area contributed by atoms with Crippen molar-refractivity contribution in [1.29, 1.82) is 0 Å². The molecule has 0 radical (unpaired) electrons. The predicted octanol–water partition coefficient (Wildman–Crippen LogP) is -0.254. The fraction of sp³-hybridized carbons (Fsp3) is 1.00. The average Bonchev–Trinajstić information content (AvgIpc) is 2.05. The van der Waals surface area contributed by atoms with Crippen LogP contribution in [0.3, 0.4) is 0 Å². The molecule has 0 unspecified atom stereocenters. The summed E-state index contributed by atoms with van der Waals surface area (Å²) in [6.45, 7) is 3.93. The lowest BCUT2D eigenvalue weighted by atomic mass is 10.2. The quantitative estimate of drug-likeness (QED) is 0.563. The van der Waals surface area contributed by atoms with Crippen molar-refractivity contribution in [1.82, 2.24) is 5.32 Å². The molecule has 0 amide bonds. The van der Waals surface area contributed by atoms with Crippen molar-refractivity contribution in [3.8, 4) is 0 Å². The second-order valence-corrected chi connectivity index (χ2v) is 2.63. The Morgan fingerprint density at radius 1 is 1.50 bits per heavy atom. The summed E-state index contributed by atoms with van der Waals surface area (Å²) in [5.74, 6) is 0. The highest BCUT2D eigenvalue weighted by molar-refractivity contribution is 4.72. The number of morpholine rings is 1. The Bertz CT molecular complexity index is 87.6. The maximum atomic E-state index is 8.74. The minimum Gasteiger partial charge on any atom is -0.394 e. The van der Waals surface area contributed by atoms with E-state index in [2.05, 4.69) is 12.2 Å². The highest BCUT2D eigenvalue weighted by Crippen LogP contribution is 2.05. The van der Waals surface area contributed by atoms with E-state index in [0.29, 0.717) is 6.10 Å². The Labute approximate surface area is 61.4 Å². The second kappa shape index (κ2) is 3.91. The molecule has 0 aromatic heterocycles. The van der Waals surface area contributed by atoms with Crippen LogP contribution in [0.2, 0.25) is 0 Å². The van der Waals surface area contributed by atoms with E-state index in [4.69, 9.17) is 9.84 Å². The summed E-state index contributed by atoms with van der Waals surface area (Å²) >= 11 is 0. The van der Waals surface area contributed by atoms with Crippen LogP contribution in [-0.4, -0.2) is 37.0 Å². The van der Waals surface area contributed by atoms with Gasteiger partial charge >= 0.3 is 0 Å².